The summed E-state index contributed by atoms with van der Waals surface area (Å²) >= 11 is 0. The van der Waals surface area contributed by atoms with Gasteiger partial charge in [0.25, 0.3) is 0 Å². The highest BCUT2D eigenvalue weighted by Gasteiger charge is 2.33. The Bertz CT molecular complexity index is 125. The van der Waals surface area contributed by atoms with Crippen molar-refractivity contribution in [3.05, 3.63) is 7.05 Å². The van der Waals surface area contributed by atoms with Crippen LogP contribution in [0.1, 0.15) is 13.3 Å². The molecule has 0 aromatic rings. The van der Waals surface area contributed by atoms with Crippen LogP contribution in [0.25, 0.3) is 0 Å². The first-order chi connectivity index (χ1) is 4.52. The Kier molecular flexibility index (Phi) is 1.99. The van der Waals surface area contributed by atoms with Crippen molar-refractivity contribution in [2.24, 2.45) is 0 Å². The predicted molar refractivity (Wildman–Crippen MR) is 38.2 cm³/mol. The SMILES string of the molecule is [CH2-]N1CC[C@](C)(O)[C@H](O)C1. The lowest BCUT2D eigenvalue weighted by Crippen LogP contribution is -2.51. The number of β-amino-alcohol motifs (C(OH)–C–C–N with tert-alkyl or cyclic N) is 1. The van der Waals surface area contributed by atoms with Crippen LogP contribution in [0, 0.1) is 7.05 Å². The Morgan fingerprint density at radius 2 is 2.30 bits per heavy atom. The molecule has 10 heavy (non-hydrogen) atoms. The van der Waals surface area contributed by atoms with E-state index in [0.717, 1.165) is 6.54 Å². The minimum atomic E-state index is -0.909. The summed E-state index contributed by atoms with van der Waals surface area (Å²) in [5.74, 6) is 0. The third-order valence-corrected chi connectivity index (χ3v) is 2.08. The molecule has 60 valence electrons. The number of hydrogen-bond acceptors (Lipinski definition) is 3. The van der Waals surface area contributed by atoms with Crippen LogP contribution >= 0.6 is 0 Å². The van der Waals surface area contributed by atoms with E-state index in [1.807, 2.05) is 0 Å². The van der Waals surface area contributed by atoms with E-state index in [2.05, 4.69) is 7.05 Å². The lowest BCUT2D eigenvalue weighted by Gasteiger charge is -2.42. The maximum atomic E-state index is 9.46. The smallest absolute Gasteiger partial charge is 0.0927 e. The van der Waals surface area contributed by atoms with E-state index in [-0.39, 0.29) is 0 Å². The molecule has 0 radical (unpaired) electrons. The zero-order valence-electron chi connectivity index (χ0n) is 6.25. The van der Waals surface area contributed by atoms with E-state index in [1.165, 1.54) is 0 Å². The standard InChI is InChI=1S/C7H14NO2/c1-7(10)3-4-8(2)5-6(7)9/h6,9-10H,2-5H2,1H3/q-1/t6-,7+/m1/s1. The summed E-state index contributed by atoms with van der Waals surface area (Å²) in [5.41, 5.74) is -0.909. The van der Waals surface area contributed by atoms with Gasteiger partial charge in [0.1, 0.15) is 0 Å². The molecule has 1 aliphatic heterocycles. The molecule has 0 unspecified atom stereocenters. The lowest BCUT2D eigenvalue weighted by molar-refractivity contribution is -0.0995. The van der Waals surface area contributed by atoms with Crippen LogP contribution in [-0.2, 0) is 0 Å². The Labute approximate surface area is 61.3 Å². The van der Waals surface area contributed by atoms with E-state index >= 15 is 0 Å². The molecule has 0 aromatic carbocycles. The minimum Gasteiger partial charge on any atom is -0.457 e. The van der Waals surface area contributed by atoms with Crippen LogP contribution in [-0.4, -0.2) is 39.9 Å². The van der Waals surface area contributed by atoms with Gasteiger partial charge in [-0.15, -0.1) is 0 Å². The summed E-state index contributed by atoms with van der Waals surface area (Å²) in [6.07, 6.45) is -0.0590. The quantitative estimate of drug-likeness (QED) is 0.454. The molecule has 3 heteroatoms. The van der Waals surface area contributed by atoms with Crippen LogP contribution in [0.15, 0.2) is 0 Å². The van der Waals surface area contributed by atoms with Crippen molar-refractivity contribution in [1.82, 2.24) is 4.90 Å². The molecule has 0 aliphatic carbocycles. The highest BCUT2D eigenvalue weighted by Crippen LogP contribution is 2.20. The average Bonchev–Trinajstić information content (AvgIpc) is 1.81. The van der Waals surface area contributed by atoms with E-state index in [0.29, 0.717) is 13.0 Å². The second-order valence-electron chi connectivity index (χ2n) is 3.20. The fourth-order valence-corrected chi connectivity index (χ4v) is 1.08. The molecule has 3 nitrogen and oxygen atoms in total. The molecule has 2 N–H and O–H groups in total. The van der Waals surface area contributed by atoms with Gasteiger partial charge in [0.15, 0.2) is 0 Å². The first-order valence-corrected chi connectivity index (χ1v) is 3.48. The number of likely N-dealkylation sites (tertiary alicyclic amines) is 1. The summed E-state index contributed by atoms with van der Waals surface area (Å²) < 4.78 is 0. The van der Waals surface area contributed by atoms with E-state index < -0.39 is 11.7 Å². The number of nitrogens with zero attached hydrogens (tertiary/aromatic N) is 1. The highest BCUT2D eigenvalue weighted by atomic mass is 16.3. The van der Waals surface area contributed by atoms with Crippen LogP contribution < -0.4 is 0 Å². The van der Waals surface area contributed by atoms with Gasteiger partial charge in [0, 0.05) is 0 Å². The normalized spacial score (nSPS) is 43.8. The summed E-state index contributed by atoms with van der Waals surface area (Å²) in [6.45, 7) is 2.88. The van der Waals surface area contributed by atoms with Gasteiger partial charge in [-0.3, -0.25) is 7.05 Å². The van der Waals surface area contributed by atoms with Gasteiger partial charge in [-0.25, -0.2) is 0 Å². The third-order valence-electron chi connectivity index (χ3n) is 2.08. The first-order valence-electron chi connectivity index (χ1n) is 3.48. The topological polar surface area (TPSA) is 43.7 Å². The van der Waals surface area contributed by atoms with Crippen LogP contribution in [0.3, 0.4) is 0 Å². The summed E-state index contributed by atoms with van der Waals surface area (Å²) in [4.78, 5) is 1.77. The largest absolute Gasteiger partial charge is 0.457 e. The van der Waals surface area contributed by atoms with Gasteiger partial charge in [-0.2, -0.15) is 0 Å². The van der Waals surface area contributed by atoms with E-state index in [1.54, 1.807) is 11.8 Å². The zero-order valence-corrected chi connectivity index (χ0v) is 6.25. The highest BCUT2D eigenvalue weighted by molar-refractivity contribution is 4.89. The molecule has 0 bridgehead atoms. The Hall–Kier alpha value is -0.120. The number of aliphatic hydroxyl groups is 2. The predicted octanol–water partition coefficient (Wildman–Crippen LogP) is -0.404. The molecular weight excluding hydrogens is 130 g/mol. The molecule has 1 rings (SSSR count). The fourth-order valence-electron chi connectivity index (χ4n) is 1.08. The van der Waals surface area contributed by atoms with Crippen molar-refractivity contribution in [2.75, 3.05) is 13.1 Å². The second kappa shape index (κ2) is 2.49. The number of aliphatic hydroxyl groups excluding tert-OH is 1. The molecular formula is C7H14NO2-. The Morgan fingerprint density at radius 3 is 2.70 bits per heavy atom. The summed E-state index contributed by atoms with van der Waals surface area (Å²) in [6, 6.07) is 0. The molecule has 1 fully saturated rings. The molecule has 0 saturated carbocycles. The van der Waals surface area contributed by atoms with E-state index in [9.17, 15) is 10.2 Å². The molecule has 0 spiro atoms. The maximum absolute atomic E-state index is 9.46. The van der Waals surface area contributed by atoms with Crippen molar-refractivity contribution >= 4 is 0 Å². The Morgan fingerprint density at radius 1 is 1.70 bits per heavy atom. The van der Waals surface area contributed by atoms with Gasteiger partial charge in [0.2, 0.25) is 0 Å². The molecule has 1 heterocycles. The number of rotatable bonds is 0. The van der Waals surface area contributed by atoms with Gasteiger partial charge < -0.3 is 15.1 Å². The molecule has 0 amide bonds. The van der Waals surface area contributed by atoms with Gasteiger partial charge in [-0.05, 0) is 26.4 Å². The zero-order chi connectivity index (χ0) is 7.78. The maximum Gasteiger partial charge on any atom is 0.0927 e. The van der Waals surface area contributed by atoms with Crippen molar-refractivity contribution < 1.29 is 10.2 Å². The van der Waals surface area contributed by atoms with E-state index in [4.69, 9.17) is 0 Å². The fraction of sp³-hybridized carbons (Fsp3) is 0.857. The molecule has 0 aromatic heterocycles. The molecule has 2 atom stereocenters. The van der Waals surface area contributed by atoms with Gasteiger partial charge in [-0.1, -0.05) is 0 Å². The Balaban J connectivity index is 2.52. The number of piperidine rings is 1. The minimum absolute atomic E-state index is 0.465. The summed E-state index contributed by atoms with van der Waals surface area (Å²) in [5, 5.41) is 18.7. The van der Waals surface area contributed by atoms with Crippen molar-refractivity contribution in [3.63, 3.8) is 0 Å². The van der Waals surface area contributed by atoms with Crippen molar-refractivity contribution in [2.45, 2.75) is 25.0 Å². The average molecular weight is 144 g/mol. The lowest BCUT2D eigenvalue weighted by atomic mass is 9.91. The van der Waals surface area contributed by atoms with Crippen molar-refractivity contribution in [3.8, 4) is 0 Å². The van der Waals surface area contributed by atoms with Crippen molar-refractivity contribution in [1.29, 1.82) is 0 Å². The molecule has 1 aliphatic rings. The van der Waals surface area contributed by atoms with Crippen LogP contribution in [0.4, 0.5) is 0 Å². The summed E-state index contributed by atoms with van der Waals surface area (Å²) in [7, 11) is 3.68. The molecule has 1 saturated heterocycles. The van der Waals surface area contributed by atoms with Gasteiger partial charge >= 0.3 is 0 Å². The second-order valence-corrected chi connectivity index (χ2v) is 3.20. The third kappa shape index (κ3) is 1.48. The first kappa shape index (κ1) is 7.98. The monoisotopic (exact) mass is 144 g/mol. The van der Waals surface area contributed by atoms with Crippen LogP contribution in [0.2, 0.25) is 0 Å². The number of hydrogen-bond donors (Lipinski definition) is 2. The van der Waals surface area contributed by atoms with Gasteiger partial charge in [0.05, 0.1) is 11.7 Å². The van der Waals surface area contributed by atoms with Crippen LogP contribution in [0.5, 0.6) is 0 Å².